The molecule has 5 heteroatoms. The second kappa shape index (κ2) is 5.14. The first-order valence-electron chi connectivity index (χ1n) is 5.41. The van der Waals surface area contributed by atoms with E-state index in [0.717, 1.165) is 6.07 Å². The maximum atomic E-state index is 13.9. The fourth-order valence-electron chi connectivity index (χ4n) is 1.76. The van der Waals surface area contributed by atoms with Gasteiger partial charge in [-0.2, -0.15) is 0 Å². The third-order valence-electron chi connectivity index (χ3n) is 2.68. The summed E-state index contributed by atoms with van der Waals surface area (Å²) in [5.41, 5.74) is -0.515. The Balaban J connectivity index is 2.56. The Labute approximate surface area is 107 Å². The number of hydrogen-bond acceptors (Lipinski definition) is 1. The summed E-state index contributed by atoms with van der Waals surface area (Å²) in [6.45, 7) is 0. The number of carbonyl (C=O) groups is 1. The molecule has 0 spiro atoms. The first kappa shape index (κ1) is 13.1. The number of halogens is 3. The minimum Gasteiger partial charge on any atom is -0.478 e. The second-order valence-electron chi connectivity index (χ2n) is 3.90. The average Bonchev–Trinajstić information content (AvgIpc) is 2.38. The lowest BCUT2D eigenvalue weighted by Gasteiger charge is -2.08. The zero-order chi connectivity index (χ0) is 14.0. The van der Waals surface area contributed by atoms with E-state index in [-0.39, 0.29) is 16.7 Å². The van der Waals surface area contributed by atoms with Gasteiger partial charge < -0.3 is 5.11 Å². The van der Waals surface area contributed by atoms with Crippen LogP contribution < -0.4 is 0 Å². The molecule has 2 aromatic rings. The van der Waals surface area contributed by atoms with Gasteiger partial charge in [0.1, 0.15) is 5.82 Å². The Morgan fingerprint density at radius 3 is 2.42 bits per heavy atom. The molecule has 0 saturated heterocycles. The lowest BCUT2D eigenvalue weighted by molar-refractivity contribution is 0.0697. The monoisotopic (exact) mass is 266 g/mol. The molecule has 0 aliphatic heterocycles. The van der Waals surface area contributed by atoms with Crippen LogP contribution in [0.15, 0.2) is 42.5 Å². The Morgan fingerprint density at radius 2 is 1.79 bits per heavy atom. The van der Waals surface area contributed by atoms with Crippen LogP contribution in [0.4, 0.5) is 13.2 Å². The number of benzene rings is 2. The Bertz CT molecular complexity index is 624. The van der Waals surface area contributed by atoms with E-state index in [4.69, 9.17) is 5.11 Å². The smallest absolute Gasteiger partial charge is 0.335 e. The third kappa shape index (κ3) is 2.59. The van der Waals surface area contributed by atoms with Gasteiger partial charge in [0.15, 0.2) is 0 Å². The highest BCUT2D eigenvalue weighted by molar-refractivity contribution is 5.89. The van der Waals surface area contributed by atoms with Gasteiger partial charge in [-0.05, 0) is 17.7 Å². The SMILES string of the molecule is O=C(O)c1cccc(-c2cccc(C(F)F)c2F)c1. The minimum atomic E-state index is -2.91. The molecular formula is C14H9F3O2. The molecule has 0 bridgehead atoms. The van der Waals surface area contributed by atoms with Gasteiger partial charge in [0.2, 0.25) is 0 Å². The fraction of sp³-hybridized carbons (Fsp3) is 0.0714. The predicted octanol–water partition coefficient (Wildman–Crippen LogP) is 4.13. The molecule has 0 radical (unpaired) electrons. The molecule has 0 aliphatic carbocycles. The van der Waals surface area contributed by atoms with Crippen LogP contribution >= 0.6 is 0 Å². The molecule has 98 valence electrons. The van der Waals surface area contributed by atoms with Gasteiger partial charge in [0.25, 0.3) is 6.43 Å². The van der Waals surface area contributed by atoms with Crippen molar-refractivity contribution in [2.75, 3.05) is 0 Å². The standard InChI is InChI=1S/C14H9F3O2/c15-12-10(5-2-6-11(12)13(16)17)8-3-1-4-9(7-8)14(18)19/h1-7,13H,(H,18,19). The quantitative estimate of drug-likeness (QED) is 0.906. The summed E-state index contributed by atoms with van der Waals surface area (Å²) in [5.74, 6) is -2.19. The summed E-state index contributed by atoms with van der Waals surface area (Å²) < 4.78 is 39.1. The fourth-order valence-corrected chi connectivity index (χ4v) is 1.76. The van der Waals surface area contributed by atoms with Crippen molar-refractivity contribution in [1.82, 2.24) is 0 Å². The molecular weight excluding hydrogens is 257 g/mol. The third-order valence-corrected chi connectivity index (χ3v) is 2.68. The van der Waals surface area contributed by atoms with Gasteiger partial charge in [-0.25, -0.2) is 18.0 Å². The van der Waals surface area contributed by atoms with Gasteiger partial charge in [0.05, 0.1) is 11.1 Å². The molecule has 2 aromatic carbocycles. The van der Waals surface area contributed by atoms with E-state index in [9.17, 15) is 18.0 Å². The molecule has 0 fully saturated rings. The normalized spacial score (nSPS) is 10.7. The van der Waals surface area contributed by atoms with Gasteiger partial charge in [0, 0.05) is 5.56 Å². The molecule has 0 aromatic heterocycles. The van der Waals surface area contributed by atoms with E-state index in [0.29, 0.717) is 0 Å². The highest BCUT2D eigenvalue weighted by atomic mass is 19.3. The second-order valence-corrected chi connectivity index (χ2v) is 3.90. The van der Waals surface area contributed by atoms with Crippen molar-refractivity contribution in [2.24, 2.45) is 0 Å². The number of hydrogen-bond donors (Lipinski definition) is 1. The molecule has 0 amide bonds. The predicted molar refractivity (Wildman–Crippen MR) is 63.8 cm³/mol. The maximum absolute atomic E-state index is 13.9. The lowest BCUT2D eigenvalue weighted by atomic mass is 10.0. The summed E-state index contributed by atoms with van der Waals surface area (Å²) in [7, 11) is 0. The van der Waals surface area contributed by atoms with Crippen molar-refractivity contribution in [3.8, 4) is 11.1 Å². The molecule has 0 heterocycles. The summed E-state index contributed by atoms with van der Waals surface area (Å²) in [5, 5.41) is 8.85. The maximum Gasteiger partial charge on any atom is 0.335 e. The molecule has 1 N–H and O–H groups in total. The summed E-state index contributed by atoms with van der Waals surface area (Å²) in [6.07, 6.45) is -2.91. The van der Waals surface area contributed by atoms with Crippen LogP contribution in [-0.4, -0.2) is 11.1 Å². The van der Waals surface area contributed by atoms with Crippen LogP contribution in [0.2, 0.25) is 0 Å². The van der Waals surface area contributed by atoms with Crippen molar-refractivity contribution >= 4 is 5.97 Å². The number of aromatic carboxylic acids is 1. The molecule has 2 nitrogen and oxygen atoms in total. The van der Waals surface area contributed by atoms with E-state index < -0.39 is 23.8 Å². The first-order valence-corrected chi connectivity index (χ1v) is 5.41. The summed E-state index contributed by atoms with van der Waals surface area (Å²) in [4.78, 5) is 10.8. The lowest BCUT2D eigenvalue weighted by Crippen LogP contribution is -1.98. The van der Waals surface area contributed by atoms with E-state index in [1.807, 2.05) is 0 Å². The van der Waals surface area contributed by atoms with Crippen molar-refractivity contribution in [3.63, 3.8) is 0 Å². The summed E-state index contributed by atoms with van der Waals surface area (Å²) >= 11 is 0. The van der Waals surface area contributed by atoms with Crippen LogP contribution in [0, 0.1) is 5.82 Å². The van der Waals surface area contributed by atoms with E-state index >= 15 is 0 Å². The number of carboxylic acid groups (broad SMARTS) is 1. The zero-order valence-electron chi connectivity index (χ0n) is 9.61. The number of rotatable bonds is 3. The van der Waals surface area contributed by atoms with Crippen LogP contribution in [0.25, 0.3) is 11.1 Å². The Hall–Kier alpha value is -2.30. The molecule has 0 aliphatic rings. The van der Waals surface area contributed by atoms with E-state index in [1.54, 1.807) is 0 Å². The largest absolute Gasteiger partial charge is 0.478 e. The average molecular weight is 266 g/mol. The highest BCUT2D eigenvalue weighted by Crippen LogP contribution is 2.30. The van der Waals surface area contributed by atoms with Crippen molar-refractivity contribution in [3.05, 3.63) is 59.4 Å². The molecule has 19 heavy (non-hydrogen) atoms. The minimum absolute atomic E-state index is 0.0284. The molecule has 0 atom stereocenters. The van der Waals surface area contributed by atoms with Crippen LogP contribution in [0.5, 0.6) is 0 Å². The molecule has 0 saturated carbocycles. The first-order chi connectivity index (χ1) is 9.00. The Kier molecular flexibility index (Phi) is 3.55. The van der Waals surface area contributed by atoms with Crippen LogP contribution in [-0.2, 0) is 0 Å². The number of carboxylic acids is 1. The van der Waals surface area contributed by atoms with Crippen LogP contribution in [0.3, 0.4) is 0 Å². The molecule has 2 rings (SSSR count). The van der Waals surface area contributed by atoms with E-state index in [2.05, 4.69) is 0 Å². The van der Waals surface area contributed by atoms with Crippen LogP contribution in [0.1, 0.15) is 22.3 Å². The van der Waals surface area contributed by atoms with Crippen molar-refractivity contribution in [2.45, 2.75) is 6.43 Å². The highest BCUT2D eigenvalue weighted by Gasteiger charge is 2.17. The van der Waals surface area contributed by atoms with Gasteiger partial charge in [-0.3, -0.25) is 0 Å². The van der Waals surface area contributed by atoms with Gasteiger partial charge in [-0.1, -0.05) is 30.3 Å². The Morgan fingerprint density at radius 1 is 1.11 bits per heavy atom. The van der Waals surface area contributed by atoms with Crippen molar-refractivity contribution in [1.29, 1.82) is 0 Å². The van der Waals surface area contributed by atoms with Gasteiger partial charge in [-0.15, -0.1) is 0 Å². The topological polar surface area (TPSA) is 37.3 Å². The van der Waals surface area contributed by atoms with E-state index in [1.165, 1.54) is 36.4 Å². The zero-order valence-corrected chi connectivity index (χ0v) is 9.61. The number of alkyl halides is 2. The summed E-state index contributed by atoms with van der Waals surface area (Å²) in [6, 6.07) is 9.16. The van der Waals surface area contributed by atoms with Crippen molar-refractivity contribution < 1.29 is 23.1 Å². The molecule has 0 unspecified atom stereocenters. The van der Waals surface area contributed by atoms with Gasteiger partial charge >= 0.3 is 5.97 Å².